The molecular formula is C25H31NO2. The molecular weight excluding hydrogens is 346 g/mol. The van der Waals surface area contributed by atoms with E-state index in [4.69, 9.17) is 5.11 Å². The van der Waals surface area contributed by atoms with E-state index >= 15 is 0 Å². The number of rotatable bonds is 3. The summed E-state index contributed by atoms with van der Waals surface area (Å²) in [5.41, 5.74) is 7.86. The molecule has 4 rings (SSSR count). The number of hydrogen-bond donors (Lipinski definition) is 1. The van der Waals surface area contributed by atoms with Crippen LogP contribution in [0.4, 0.5) is 5.69 Å². The smallest absolute Gasteiger partial charge is 0.335 e. The maximum Gasteiger partial charge on any atom is 0.335 e. The van der Waals surface area contributed by atoms with Crippen LogP contribution in [0.5, 0.6) is 0 Å². The van der Waals surface area contributed by atoms with Gasteiger partial charge < -0.3 is 10.0 Å². The topological polar surface area (TPSA) is 40.5 Å². The molecule has 2 aliphatic rings. The number of hydrogen-bond acceptors (Lipinski definition) is 2. The van der Waals surface area contributed by atoms with Crippen molar-refractivity contribution in [3.05, 3.63) is 64.2 Å². The predicted octanol–water partition coefficient (Wildman–Crippen LogP) is 5.69. The van der Waals surface area contributed by atoms with Gasteiger partial charge in [-0.3, -0.25) is 0 Å². The number of nitrogens with zero attached hydrogens (tertiary/aromatic N) is 1. The van der Waals surface area contributed by atoms with Crippen LogP contribution in [-0.2, 0) is 23.8 Å². The van der Waals surface area contributed by atoms with E-state index < -0.39 is 5.97 Å². The molecule has 0 bridgehead atoms. The summed E-state index contributed by atoms with van der Waals surface area (Å²) in [6, 6.07) is 12.3. The SMILES string of the molecule is CC1(C)CCC(C)(C)c2cc3c(cc21)CCCN3Cc1ccc(C(=O)O)cc1. The van der Waals surface area contributed by atoms with E-state index in [0.29, 0.717) is 5.56 Å². The Morgan fingerprint density at radius 2 is 1.61 bits per heavy atom. The Morgan fingerprint density at radius 3 is 2.21 bits per heavy atom. The van der Waals surface area contributed by atoms with Gasteiger partial charge in [0.25, 0.3) is 0 Å². The maximum atomic E-state index is 11.1. The summed E-state index contributed by atoms with van der Waals surface area (Å²) in [6.07, 6.45) is 4.78. The lowest BCUT2D eigenvalue weighted by molar-refractivity contribution is 0.0697. The molecule has 0 fully saturated rings. The van der Waals surface area contributed by atoms with Crippen molar-refractivity contribution in [1.29, 1.82) is 0 Å². The van der Waals surface area contributed by atoms with Crippen LogP contribution >= 0.6 is 0 Å². The van der Waals surface area contributed by atoms with Crippen LogP contribution < -0.4 is 4.90 Å². The molecule has 148 valence electrons. The molecule has 1 N–H and O–H groups in total. The first-order valence-corrected chi connectivity index (χ1v) is 10.4. The van der Waals surface area contributed by atoms with Gasteiger partial charge in [-0.1, -0.05) is 45.9 Å². The summed E-state index contributed by atoms with van der Waals surface area (Å²) in [5.74, 6) is -0.869. The summed E-state index contributed by atoms with van der Waals surface area (Å²) in [7, 11) is 0. The second-order valence-electron chi connectivity index (χ2n) is 9.82. The minimum absolute atomic E-state index is 0.214. The van der Waals surface area contributed by atoms with Gasteiger partial charge in [0.1, 0.15) is 0 Å². The second-order valence-corrected chi connectivity index (χ2v) is 9.82. The van der Waals surface area contributed by atoms with Gasteiger partial charge in [0.05, 0.1) is 5.56 Å². The highest BCUT2D eigenvalue weighted by atomic mass is 16.4. The zero-order chi connectivity index (χ0) is 20.1. The number of aromatic carboxylic acids is 1. The third kappa shape index (κ3) is 3.32. The van der Waals surface area contributed by atoms with Crippen molar-refractivity contribution < 1.29 is 9.90 Å². The van der Waals surface area contributed by atoms with E-state index in [1.165, 1.54) is 41.6 Å². The molecule has 3 nitrogen and oxygen atoms in total. The van der Waals surface area contributed by atoms with Crippen LogP contribution in [0.25, 0.3) is 0 Å². The molecule has 0 saturated heterocycles. The molecule has 28 heavy (non-hydrogen) atoms. The number of carboxylic acids is 1. The number of benzene rings is 2. The summed E-state index contributed by atoms with van der Waals surface area (Å²) in [4.78, 5) is 13.6. The van der Waals surface area contributed by atoms with E-state index in [1.54, 1.807) is 12.1 Å². The fraction of sp³-hybridized carbons (Fsp3) is 0.480. The molecule has 0 atom stereocenters. The first kappa shape index (κ1) is 19.0. The highest BCUT2D eigenvalue weighted by molar-refractivity contribution is 5.87. The fourth-order valence-electron chi connectivity index (χ4n) is 4.86. The molecule has 0 amide bonds. The van der Waals surface area contributed by atoms with Crippen molar-refractivity contribution >= 4 is 11.7 Å². The maximum absolute atomic E-state index is 11.1. The Bertz CT molecular complexity index is 909. The standard InChI is InChI=1S/C25H31NO2/c1-24(2)11-12-25(3,4)21-15-22-19(14-20(21)24)6-5-13-26(22)16-17-7-9-18(10-8-17)23(27)28/h7-10,14-15H,5-6,11-13,16H2,1-4H3,(H,27,28). The lowest BCUT2D eigenvalue weighted by Gasteiger charge is -2.44. The minimum Gasteiger partial charge on any atom is -0.478 e. The molecule has 0 saturated carbocycles. The number of carboxylic acid groups (broad SMARTS) is 1. The molecule has 0 unspecified atom stereocenters. The van der Waals surface area contributed by atoms with Gasteiger partial charge in [0.15, 0.2) is 0 Å². The Hall–Kier alpha value is -2.29. The van der Waals surface area contributed by atoms with Crippen LogP contribution in [0, 0.1) is 0 Å². The van der Waals surface area contributed by atoms with Crippen LogP contribution in [0.3, 0.4) is 0 Å². The van der Waals surface area contributed by atoms with Gasteiger partial charge in [-0.05, 0) is 77.0 Å². The Balaban J connectivity index is 1.70. The van der Waals surface area contributed by atoms with E-state index in [0.717, 1.165) is 25.1 Å². The minimum atomic E-state index is -0.869. The van der Waals surface area contributed by atoms with E-state index in [2.05, 4.69) is 44.7 Å². The average molecular weight is 378 g/mol. The van der Waals surface area contributed by atoms with Crippen molar-refractivity contribution in [1.82, 2.24) is 0 Å². The molecule has 0 spiro atoms. The van der Waals surface area contributed by atoms with E-state index in [1.807, 2.05) is 12.1 Å². The van der Waals surface area contributed by atoms with Crippen LogP contribution in [0.15, 0.2) is 36.4 Å². The van der Waals surface area contributed by atoms with Crippen molar-refractivity contribution in [3.8, 4) is 0 Å². The zero-order valence-electron chi connectivity index (χ0n) is 17.5. The van der Waals surface area contributed by atoms with Gasteiger partial charge in [-0.25, -0.2) is 4.79 Å². The highest BCUT2D eigenvalue weighted by Gasteiger charge is 2.38. The van der Waals surface area contributed by atoms with Crippen molar-refractivity contribution in [3.63, 3.8) is 0 Å². The van der Waals surface area contributed by atoms with Crippen molar-refractivity contribution in [2.75, 3.05) is 11.4 Å². The normalized spacial score (nSPS) is 19.6. The third-order valence-electron chi connectivity index (χ3n) is 6.84. The lowest BCUT2D eigenvalue weighted by atomic mass is 9.62. The molecule has 0 aromatic heterocycles. The quantitative estimate of drug-likeness (QED) is 0.747. The molecule has 2 aromatic carbocycles. The van der Waals surface area contributed by atoms with Gasteiger partial charge in [0.2, 0.25) is 0 Å². The van der Waals surface area contributed by atoms with E-state index in [9.17, 15) is 4.79 Å². The van der Waals surface area contributed by atoms with Crippen molar-refractivity contribution in [2.24, 2.45) is 0 Å². The lowest BCUT2D eigenvalue weighted by Crippen LogP contribution is -2.36. The van der Waals surface area contributed by atoms with E-state index in [-0.39, 0.29) is 10.8 Å². The summed E-state index contributed by atoms with van der Waals surface area (Å²) >= 11 is 0. The van der Waals surface area contributed by atoms with Gasteiger partial charge in [-0.2, -0.15) is 0 Å². The average Bonchev–Trinajstić information content (AvgIpc) is 2.65. The number of aryl methyl sites for hydroxylation is 1. The third-order valence-corrected chi connectivity index (χ3v) is 6.84. The summed E-state index contributed by atoms with van der Waals surface area (Å²) in [5, 5.41) is 9.12. The molecule has 3 heteroatoms. The first-order valence-electron chi connectivity index (χ1n) is 10.4. The molecule has 0 radical (unpaired) electrons. The second kappa shape index (κ2) is 6.65. The molecule has 1 heterocycles. The molecule has 1 aliphatic heterocycles. The van der Waals surface area contributed by atoms with Gasteiger partial charge in [-0.15, -0.1) is 0 Å². The first-order chi connectivity index (χ1) is 13.2. The predicted molar refractivity (Wildman–Crippen MR) is 115 cm³/mol. The summed E-state index contributed by atoms with van der Waals surface area (Å²) < 4.78 is 0. The van der Waals surface area contributed by atoms with Crippen molar-refractivity contribution in [2.45, 2.75) is 70.8 Å². The monoisotopic (exact) mass is 377 g/mol. The molecule has 1 aliphatic carbocycles. The van der Waals surface area contributed by atoms with Crippen LogP contribution in [0.1, 0.15) is 79.6 Å². The fourth-order valence-corrected chi connectivity index (χ4v) is 4.86. The Morgan fingerprint density at radius 1 is 1.00 bits per heavy atom. The number of anilines is 1. The number of carbonyl (C=O) groups is 1. The zero-order valence-corrected chi connectivity index (χ0v) is 17.5. The van der Waals surface area contributed by atoms with Crippen LogP contribution in [-0.4, -0.2) is 17.6 Å². The Labute approximate surface area is 168 Å². The largest absolute Gasteiger partial charge is 0.478 e. The highest BCUT2D eigenvalue weighted by Crippen LogP contribution is 2.48. The summed E-state index contributed by atoms with van der Waals surface area (Å²) in [6.45, 7) is 11.4. The van der Waals surface area contributed by atoms with Gasteiger partial charge >= 0.3 is 5.97 Å². The Kier molecular flexibility index (Phi) is 4.52. The van der Waals surface area contributed by atoms with Crippen LogP contribution in [0.2, 0.25) is 0 Å². The molecule has 2 aromatic rings. The van der Waals surface area contributed by atoms with Gasteiger partial charge in [0, 0.05) is 18.8 Å². The number of fused-ring (bicyclic) bond motifs is 2.